The van der Waals surface area contributed by atoms with Crippen molar-refractivity contribution < 1.29 is 14.7 Å². The van der Waals surface area contributed by atoms with Crippen molar-refractivity contribution in [2.45, 2.75) is 26.2 Å². The summed E-state index contributed by atoms with van der Waals surface area (Å²) in [4.78, 5) is 26.2. The van der Waals surface area contributed by atoms with Gasteiger partial charge in [-0.05, 0) is 31.7 Å². The fourth-order valence-corrected chi connectivity index (χ4v) is 3.03. The molecule has 1 N–H and O–H groups in total. The van der Waals surface area contributed by atoms with E-state index in [2.05, 4.69) is 0 Å². The fraction of sp³-hybridized carbons (Fsp3) is 0.538. The molecule has 2 heterocycles. The normalized spacial score (nSPS) is 25.1. The smallest absolute Gasteiger partial charge is 0.311 e. The zero-order chi connectivity index (χ0) is 13.3. The van der Waals surface area contributed by atoms with E-state index in [1.807, 2.05) is 24.4 Å². The van der Waals surface area contributed by atoms with Gasteiger partial charge in [0.15, 0.2) is 0 Å². The number of hydrogen-bond donors (Lipinski definition) is 1. The van der Waals surface area contributed by atoms with Gasteiger partial charge in [-0.3, -0.25) is 9.59 Å². The number of amides is 1. The topological polar surface area (TPSA) is 57.6 Å². The van der Waals surface area contributed by atoms with Gasteiger partial charge >= 0.3 is 5.97 Å². The molecule has 1 aliphatic rings. The van der Waals surface area contributed by atoms with Crippen LogP contribution in [0, 0.1) is 5.41 Å². The zero-order valence-electron chi connectivity index (χ0n) is 10.5. The van der Waals surface area contributed by atoms with Gasteiger partial charge in [-0.1, -0.05) is 6.07 Å². The van der Waals surface area contributed by atoms with E-state index in [1.165, 1.54) is 0 Å². The van der Waals surface area contributed by atoms with Gasteiger partial charge < -0.3 is 10.0 Å². The molecule has 2 atom stereocenters. The van der Waals surface area contributed by atoms with E-state index in [1.54, 1.807) is 23.2 Å². The summed E-state index contributed by atoms with van der Waals surface area (Å²) in [5.74, 6) is -0.967. The fourth-order valence-electron chi connectivity index (χ4n) is 2.26. The molecule has 0 aliphatic carbocycles. The highest BCUT2D eigenvalue weighted by Crippen LogP contribution is 2.32. The van der Waals surface area contributed by atoms with Crippen molar-refractivity contribution in [2.24, 2.45) is 5.41 Å². The number of carbonyl (C=O) groups is 2. The maximum absolute atomic E-state index is 12.3. The summed E-state index contributed by atoms with van der Waals surface area (Å²) in [7, 11) is 0. The molecule has 1 aliphatic heterocycles. The average Bonchev–Trinajstić information content (AvgIpc) is 2.96. The van der Waals surface area contributed by atoms with Crippen LogP contribution in [0.3, 0.4) is 0 Å². The van der Waals surface area contributed by atoms with Crippen molar-refractivity contribution in [3.63, 3.8) is 0 Å². The molecular weight excluding hydrogens is 250 g/mol. The Hall–Kier alpha value is -1.36. The molecule has 98 valence electrons. The van der Waals surface area contributed by atoms with Gasteiger partial charge in [0.25, 0.3) is 0 Å². The zero-order valence-corrected chi connectivity index (χ0v) is 11.4. The van der Waals surface area contributed by atoms with E-state index >= 15 is 0 Å². The van der Waals surface area contributed by atoms with Crippen LogP contribution >= 0.6 is 11.3 Å². The Morgan fingerprint density at radius 1 is 1.56 bits per heavy atom. The molecule has 1 amide bonds. The van der Waals surface area contributed by atoms with Gasteiger partial charge in [0.2, 0.25) is 5.91 Å². The third-order valence-electron chi connectivity index (χ3n) is 3.64. The molecule has 0 spiro atoms. The Morgan fingerprint density at radius 2 is 2.28 bits per heavy atom. The van der Waals surface area contributed by atoms with Crippen LogP contribution in [-0.2, 0) is 9.59 Å². The number of hydrogen-bond acceptors (Lipinski definition) is 3. The summed E-state index contributed by atoms with van der Waals surface area (Å²) in [5, 5.41) is 11.1. The molecule has 2 rings (SSSR count). The minimum absolute atomic E-state index is 0.0300. The van der Waals surface area contributed by atoms with Crippen LogP contribution in [-0.4, -0.2) is 35.0 Å². The molecule has 1 fully saturated rings. The molecule has 0 bridgehead atoms. The Labute approximate surface area is 110 Å². The van der Waals surface area contributed by atoms with E-state index in [0.29, 0.717) is 19.5 Å². The van der Waals surface area contributed by atoms with E-state index in [-0.39, 0.29) is 11.8 Å². The number of carbonyl (C=O) groups excluding carboxylic acids is 1. The second-order valence-electron chi connectivity index (χ2n) is 5.11. The molecule has 4 nitrogen and oxygen atoms in total. The second kappa shape index (κ2) is 4.72. The predicted octanol–water partition coefficient (Wildman–Crippen LogP) is 2.17. The van der Waals surface area contributed by atoms with Crippen LogP contribution in [0.5, 0.6) is 0 Å². The largest absolute Gasteiger partial charge is 0.481 e. The van der Waals surface area contributed by atoms with Crippen molar-refractivity contribution in [1.29, 1.82) is 0 Å². The predicted molar refractivity (Wildman–Crippen MR) is 69.7 cm³/mol. The van der Waals surface area contributed by atoms with Gasteiger partial charge in [0.1, 0.15) is 0 Å². The minimum atomic E-state index is -0.818. The Morgan fingerprint density at radius 3 is 2.78 bits per heavy atom. The Balaban J connectivity index is 2.06. The summed E-state index contributed by atoms with van der Waals surface area (Å²) in [5.41, 5.74) is -0.787. The number of likely N-dealkylation sites (tertiary alicyclic amines) is 1. The summed E-state index contributed by atoms with van der Waals surface area (Å²) in [6, 6.07) is 3.87. The van der Waals surface area contributed by atoms with Crippen molar-refractivity contribution in [3.8, 4) is 0 Å². The molecule has 0 unspecified atom stereocenters. The van der Waals surface area contributed by atoms with Gasteiger partial charge in [0, 0.05) is 18.0 Å². The quantitative estimate of drug-likeness (QED) is 0.913. The Kier molecular flexibility index (Phi) is 3.43. The standard InChI is InChI=1S/C13H17NO3S/c1-9(10-4-3-7-18-10)11(15)14-6-5-13(2,8-14)12(16)17/h3-4,7,9H,5-6,8H2,1-2H3,(H,16,17)/t9-,13+/m0/s1. The lowest BCUT2D eigenvalue weighted by atomic mass is 9.90. The first-order valence-corrected chi connectivity index (χ1v) is 6.87. The van der Waals surface area contributed by atoms with Crippen LogP contribution in [0.15, 0.2) is 17.5 Å². The number of carboxylic acid groups (broad SMARTS) is 1. The highest BCUT2D eigenvalue weighted by atomic mass is 32.1. The first kappa shape index (κ1) is 13.1. The maximum atomic E-state index is 12.3. The SMILES string of the molecule is C[C@H](C(=O)N1CC[C@@](C)(C(=O)O)C1)c1cccs1. The van der Waals surface area contributed by atoms with E-state index in [0.717, 1.165) is 4.88 Å². The molecule has 1 saturated heterocycles. The minimum Gasteiger partial charge on any atom is -0.481 e. The first-order chi connectivity index (χ1) is 8.44. The molecule has 0 saturated carbocycles. The molecule has 1 aromatic rings. The number of nitrogens with zero attached hydrogens (tertiary/aromatic N) is 1. The highest BCUT2D eigenvalue weighted by Gasteiger charge is 2.42. The third-order valence-corrected chi connectivity index (χ3v) is 4.70. The van der Waals surface area contributed by atoms with Gasteiger partial charge in [-0.25, -0.2) is 0 Å². The van der Waals surface area contributed by atoms with Crippen LogP contribution in [0.1, 0.15) is 31.1 Å². The monoisotopic (exact) mass is 267 g/mol. The molecule has 5 heteroatoms. The number of thiophene rings is 1. The molecule has 0 radical (unpaired) electrons. The van der Waals surface area contributed by atoms with Crippen LogP contribution < -0.4 is 0 Å². The highest BCUT2D eigenvalue weighted by molar-refractivity contribution is 7.10. The first-order valence-electron chi connectivity index (χ1n) is 5.99. The van der Waals surface area contributed by atoms with Gasteiger partial charge in [0.05, 0.1) is 11.3 Å². The van der Waals surface area contributed by atoms with E-state index in [4.69, 9.17) is 5.11 Å². The van der Waals surface area contributed by atoms with Crippen LogP contribution in [0.25, 0.3) is 0 Å². The van der Waals surface area contributed by atoms with E-state index in [9.17, 15) is 9.59 Å². The average molecular weight is 267 g/mol. The molecule has 18 heavy (non-hydrogen) atoms. The van der Waals surface area contributed by atoms with Crippen molar-refractivity contribution in [1.82, 2.24) is 4.90 Å². The number of rotatable bonds is 3. The lowest BCUT2D eigenvalue weighted by Gasteiger charge is -2.22. The van der Waals surface area contributed by atoms with Crippen molar-refractivity contribution in [2.75, 3.05) is 13.1 Å². The summed E-state index contributed by atoms with van der Waals surface area (Å²) in [6.07, 6.45) is 0.533. The molecule has 1 aromatic heterocycles. The van der Waals surface area contributed by atoms with Crippen LogP contribution in [0.2, 0.25) is 0 Å². The molecular formula is C13H17NO3S. The summed E-state index contributed by atoms with van der Waals surface area (Å²) >= 11 is 1.56. The number of carboxylic acids is 1. The maximum Gasteiger partial charge on any atom is 0.311 e. The molecule has 0 aromatic carbocycles. The summed E-state index contributed by atoms with van der Waals surface area (Å²) in [6.45, 7) is 4.44. The lowest BCUT2D eigenvalue weighted by Crippen LogP contribution is -2.36. The number of aliphatic carboxylic acids is 1. The van der Waals surface area contributed by atoms with Crippen molar-refractivity contribution >= 4 is 23.2 Å². The summed E-state index contributed by atoms with van der Waals surface area (Å²) < 4.78 is 0. The van der Waals surface area contributed by atoms with E-state index < -0.39 is 11.4 Å². The third kappa shape index (κ3) is 2.27. The van der Waals surface area contributed by atoms with Crippen LogP contribution in [0.4, 0.5) is 0 Å². The second-order valence-corrected chi connectivity index (χ2v) is 6.09. The van der Waals surface area contributed by atoms with Crippen molar-refractivity contribution in [3.05, 3.63) is 22.4 Å². The lowest BCUT2D eigenvalue weighted by molar-refractivity contribution is -0.147. The van der Waals surface area contributed by atoms with Gasteiger partial charge in [-0.15, -0.1) is 11.3 Å². The van der Waals surface area contributed by atoms with Gasteiger partial charge in [-0.2, -0.15) is 0 Å². The Bertz CT molecular complexity index is 457.